The van der Waals surface area contributed by atoms with Crippen LogP contribution in [0.5, 0.6) is 0 Å². The van der Waals surface area contributed by atoms with Crippen LogP contribution in [0.15, 0.2) is 17.7 Å². The van der Waals surface area contributed by atoms with Gasteiger partial charge in [0.2, 0.25) is 5.82 Å². The van der Waals surface area contributed by atoms with Gasteiger partial charge in [-0.15, -0.1) is 5.10 Å². The summed E-state index contributed by atoms with van der Waals surface area (Å²) in [7, 11) is -3.63. The molecule has 11 nitrogen and oxygen atoms in total. The van der Waals surface area contributed by atoms with Crippen LogP contribution in [-0.2, 0) is 18.3 Å². The van der Waals surface area contributed by atoms with Crippen molar-refractivity contribution < 1.29 is 33.4 Å². The van der Waals surface area contributed by atoms with Crippen molar-refractivity contribution in [2.45, 2.75) is 71.4 Å². The fraction of sp³-hybridized carbons (Fsp3) is 0.688. The Morgan fingerprint density at radius 2 is 1.86 bits per heavy atom. The third-order valence-electron chi connectivity index (χ3n) is 3.80. The number of aliphatic hydroxyl groups excluding tert-OH is 2. The lowest BCUT2D eigenvalue weighted by Crippen LogP contribution is -2.31. The molecule has 1 aliphatic heterocycles. The topological polar surface area (TPSA) is 159 Å². The summed E-state index contributed by atoms with van der Waals surface area (Å²) in [6, 6.07) is 0. The highest BCUT2D eigenvalue weighted by molar-refractivity contribution is 7.58. The molecule has 2 rings (SSSR count). The molecule has 2 heterocycles. The van der Waals surface area contributed by atoms with Gasteiger partial charge >= 0.3 is 7.60 Å². The van der Waals surface area contributed by atoms with E-state index in [1.54, 1.807) is 34.6 Å². The predicted octanol–water partition coefficient (Wildman–Crippen LogP) is 0.943. The molecule has 0 aliphatic carbocycles. The average Bonchev–Trinajstić information content (AvgIpc) is 3.14. The second-order valence-corrected chi connectivity index (χ2v) is 9.12. The molecule has 1 amide bonds. The smallest absolute Gasteiger partial charge is 0.357 e. The molecule has 0 aromatic carbocycles. The van der Waals surface area contributed by atoms with E-state index in [4.69, 9.17) is 19.5 Å². The van der Waals surface area contributed by atoms with Crippen molar-refractivity contribution >= 4 is 13.5 Å². The Hall–Kier alpha value is -1.62. The standard InChI is InChI=1S/C16H27N4O7P/c1-8(2)26-28(24,27-9(3)4)10(5)6-11-12(21)13(22)16(25-11)20-7-18-15(19-20)14(17)23/h6-9,11-13,16,21-22H,1-5H3,(H2,17,23)/b10-6+/t11?,12-,13-,16-/m1/s1. The van der Waals surface area contributed by atoms with Crippen molar-refractivity contribution in [3.05, 3.63) is 23.5 Å². The van der Waals surface area contributed by atoms with Crippen LogP contribution in [0.3, 0.4) is 0 Å². The number of nitrogens with zero attached hydrogens (tertiary/aromatic N) is 3. The van der Waals surface area contributed by atoms with Crippen LogP contribution in [0.2, 0.25) is 0 Å². The van der Waals surface area contributed by atoms with E-state index in [9.17, 15) is 19.6 Å². The van der Waals surface area contributed by atoms with Crippen molar-refractivity contribution in [2.75, 3.05) is 0 Å². The van der Waals surface area contributed by atoms with E-state index in [1.165, 1.54) is 6.08 Å². The third-order valence-corrected chi connectivity index (χ3v) is 6.21. The molecule has 1 aromatic rings. The van der Waals surface area contributed by atoms with Crippen molar-refractivity contribution in [3.8, 4) is 0 Å². The minimum atomic E-state index is -3.63. The van der Waals surface area contributed by atoms with Crippen molar-refractivity contribution in [1.82, 2.24) is 14.8 Å². The Bertz CT molecular complexity index is 765. The lowest BCUT2D eigenvalue weighted by atomic mass is 10.1. The van der Waals surface area contributed by atoms with Crippen LogP contribution in [0.1, 0.15) is 51.5 Å². The summed E-state index contributed by atoms with van der Waals surface area (Å²) in [6.07, 6.45) is -2.99. The van der Waals surface area contributed by atoms with Gasteiger partial charge in [0, 0.05) is 5.31 Å². The number of aromatic nitrogens is 3. The monoisotopic (exact) mass is 418 g/mol. The molecule has 0 radical (unpaired) electrons. The quantitative estimate of drug-likeness (QED) is 0.522. The van der Waals surface area contributed by atoms with Gasteiger partial charge in [0.15, 0.2) is 6.23 Å². The zero-order chi connectivity index (χ0) is 21.2. The van der Waals surface area contributed by atoms with E-state index in [1.807, 2.05) is 0 Å². The first-order valence-electron chi connectivity index (χ1n) is 8.83. The minimum absolute atomic E-state index is 0.239. The molecule has 0 saturated carbocycles. The summed E-state index contributed by atoms with van der Waals surface area (Å²) < 4.78 is 30.9. The first kappa shape index (κ1) is 22.7. The van der Waals surface area contributed by atoms with Gasteiger partial charge in [-0.25, -0.2) is 9.67 Å². The number of aliphatic hydroxyl groups is 2. The molecule has 0 spiro atoms. The van der Waals surface area contributed by atoms with Crippen molar-refractivity contribution in [3.63, 3.8) is 0 Å². The third kappa shape index (κ3) is 5.05. The molecular weight excluding hydrogens is 391 g/mol. The van der Waals surface area contributed by atoms with Crippen LogP contribution in [0, 0.1) is 0 Å². The number of ether oxygens (including phenoxy) is 1. The summed E-state index contributed by atoms with van der Waals surface area (Å²) in [5, 5.41) is 24.7. The number of carbonyl (C=O) groups is 1. The molecule has 1 fully saturated rings. The van der Waals surface area contributed by atoms with Crippen LogP contribution in [0.4, 0.5) is 0 Å². The van der Waals surface area contributed by atoms with E-state index in [2.05, 4.69) is 10.1 Å². The SMILES string of the molecule is C/C(=C\C1O[C@@H](n2cnc(C(N)=O)n2)[C@H](O)[C@@H]1O)P(=O)(OC(C)C)OC(C)C. The van der Waals surface area contributed by atoms with E-state index in [-0.39, 0.29) is 23.3 Å². The summed E-state index contributed by atoms with van der Waals surface area (Å²) in [4.78, 5) is 14.8. The van der Waals surface area contributed by atoms with Gasteiger partial charge in [0.1, 0.15) is 24.6 Å². The minimum Gasteiger partial charge on any atom is -0.387 e. The summed E-state index contributed by atoms with van der Waals surface area (Å²) in [5.74, 6) is -1.09. The van der Waals surface area contributed by atoms with E-state index in [0.717, 1.165) is 11.0 Å². The second-order valence-electron chi connectivity index (χ2n) is 7.00. The zero-order valence-electron chi connectivity index (χ0n) is 16.4. The van der Waals surface area contributed by atoms with Gasteiger partial charge in [-0.3, -0.25) is 9.36 Å². The Labute approximate surface area is 163 Å². The van der Waals surface area contributed by atoms with Crippen LogP contribution in [-0.4, -0.2) is 61.4 Å². The molecule has 1 unspecified atom stereocenters. The number of carbonyl (C=O) groups excluding carboxylic acids is 1. The predicted molar refractivity (Wildman–Crippen MR) is 98.3 cm³/mol. The molecular formula is C16H27N4O7P. The highest BCUT2D eigenvalue weighted by atomic mass is 31.2. The Morgan fingerprint density at radius 1 is 1.29 bits per heavy atom. The van der Waals surface area contributed by atoms with Gasteiger partial charge in [0.25, 0.3) is 5.91 Å². The van der Waals surface area contributed by atoms with Gasteiger partial charge in [-0.1, -0.05) is 0 Å². The highest BCUT2D eigenvalue weighted by Crippen LogP contribution is 2.58. The highest BCUT2D eigenvalue weighted by Gasteiger charge is 2.44. The molecule has 4 atom stereocenters. The fourth-order valence-corrected chi connectivity index (χ4v) is 4.45. The lowest BCUT2D eigenvalue weighted by molar-refractivity contribution is -0.0347. The van der Waals surface area contributed by atoms with E-state index in [0.29, 0.717) is 0 Å². The first-order valence-corrected chi connectivity index (χ1v) is 10.4. The van der Waals surface area contributed by atoms with Crippen molar-refractivity contribution in [1.29, 1.82) is 0 Å². The number of amides is 1. The van der Waals surface area contributed by atoms with Crippen LogP contribution < -0.4 is 5.73 Å². The fourth-order valence-electron chi connectivity index (χ4n) is 2.63. The number of hydrogen-bond acceptors (Lipinski definition) is 9. The maximum absolute atomic E-state index is 13.1. The molecule has 1 saturated heterocycles. The molecule has 0 bridgehead atoms. The number of hydrogen-bond donors (Lipinski definition) is 3. The normalized spacial score (nSPS) is 26.4. The zero-order valence-corrected chi connectivity index (χ0v) is 17.3. The summed E-state index contributed by atoms with van der Waals surface area (Å²) in [5.41, 5.74) is 5.11. The Morgan fingerprint density at radius 3 is 2.32 bits per heavy atom. The second kappa shape index (κ2) is 8.81. The van der Waals surface area contributed by atoms with E-state index < -0.39 is 38.0 Å². The van der Waals surface area contributed by atoms with Gasteiger partial charge < -0.3 is 29.7 Å². The maximum atomic E-state index is 13.1. The summed E-state index contributed by atoms with van der Waals surface area (Å²) in [6.45, 7) is 8.45. The molecule has 158 valence electrons. The molecule has 1 aromatic heterocycles. The van der Waals surface area contributed by atoms with Gasteiger partial charge in [0.05, 0.1) is 12.2 Å². The first-order chi connectivity index (χ1) is 12.9. The Balaban J connectivity index is 2.25. The summed E-state index contributed by atoms with van der Waals surface area (Å²) >= 11 is 0. The lowest BCUT2D eigenvalue weighted by Gasteiger charge is -2.24. The van der Waals surface area contributed by atoms with Gasteiger partial charge in [-0.2, -0.15) is 0 Å². The maximum Gasteiger partial charge on any atom is 0.357 e. The molecule has 12 heteroatoms. The largest absolute Gasteiger partial charge is 0.387 e. The number of rotatable bonds is 8. The average molecular weight is 418 g/mol. The number of allylic oxidation sites excluding steroid dienone is 1. The number of primary amides is 1. The van der Waals surface area contributed by atoms with Gasteiger partial charge in [-0.05, 0) is 40.7 Å². The molecule has 1 aliphatic rings. The number of nitrogens with two attached hydrogens (primary N) is 1. The van der Waals surface area contributed by atoms with E-state index >= 15 is 0 Å². The Kier molecular flexibility index (Phi) is 7.13. The van der Waals surface area contributed by atoms with Crippen molar-refractivity contribution in [2.24, 2.45) is 5.73 Å². The van der Waals surface area contributed by atoms with Crippen LogP contribution >= 0.6 is 7.60 Å². The van der Waals surface area contributed by atoms with Crippen LogP contribution in [0.25, 0.3) is 0 Å². The molecule has 4 N–H and O–H groups in total. The molecule has 28 heavy (non-hydrogen) atoms.